The number of amides is 1. The van der Waals surface area contributed by atoms with Crippen molar-refractivity contribution < 1.29 is 9.53 Å². The average molecular weight is 354 g/mol. The molecule has 0 saturated heterocycles. The molecule has 0 radical (unpaired) electrons. The number of aryl methyl sites for hydroxylation is 1. The van der Waals surface area contributed by atoms with E-state index in [2.05, 4.69) is 5.32 Å². The highest BCUT2D eigenvalue weighted by Crippen LogP contribution is 2.27. The number of hydrogen-bond acceptors (Lipinski definition) is 2. The largest absolute Gasteiger partial charge is 0.480 e. The molecule has 0 fully saturated rings. The molecule has 3 nitrogen and oxygen atoms in total. The number of halogens is 1. The first-order valence-corrected chi connectivity index (χ1v) is 8.67. The molecule has 3 rings (SSSR count). The highest BCUT2D eigenvalue weighted by molar-refractivity contribution is 6.31. The van der Waals surface area contributed by atoms with E-state index in [4.69, 9.17) is 16.3 Å². The van der Waals surface area contributed by atoms with Crippen molar-refractivity contribution in [3.05, 3.63) is 71.2 Å². The normalized spacial score (nSPS) is 12.0. The molecule has 1 amide bonds. The minimum Gasteiger partial charge on any atom is -0.480 e. The number of anilines is 1. The van der Waals surface area contributed by atoms with Crippen LogP contribution >= 0.6 is 11.6 Å². The van der Waals surface area contributed by atoms with Crippen LogP contribution in [0.1, 0.15) is 18.9 Å². The smallest absolute Gasteiger partial charge is 0.265 e. The predicted octanol–water partition coefficient (Wildman–Crippen LogP) is 5.60. The van der Waals surface area contributed by atoms with E-state index < -0.39 is 6.10 Å². The molecule has 0 aliphatic carbocycles. The Labute approximate surface area is 152 Å². The molecule has 0 unspecified atom stereocenters. The molecule has 0 aliphatic heterocycles. The lowest BCUT2D eigenvalue weighted by Crippen LogP contribution is -2.32. The number of benzene rings is 3. The fourth-order valence-electron chi connectivity index (χ4n) is 2.72. The van der Waals surface area contributed by atoms with E-state index >= 15 is 0 Å². The van der Waals surface area contributed by atoms with Crippen molar-refractivity contribution >= 4 is 34.0 Å². The topological polar surface area (TPSA) is 38.3 Å². The van der Waals surface area contributed by atoms with Gasteiger partial charge in [0.25, 0.3) is 5.91 Å². The van der Waals surface area contributed by atoms with Crippen LogP contribution in [0.15, 0.2) is 60.7 Å². The van der Waals surface area contributed by atoms with Crippen molar-refractivity contribution in [1.82, 2.24) is 0 Å². The van der Waals surface area contributed by atoms with Gasteiger partial charge in [-0.1, -0.05) is 61.0 Å². The molecule has 128 valence electrons. The van der Waals surface area contributed by atoms with Crippen LogP contribution in [0.4, 0.5) is 5.69 Å². The Balaban J connectivity index is 1.82. The van der Waals surface area contributed by atoms with E-state index in [0.717, 1.165) is 16.3 Å². The number of ether oxygens (including phenoxy) is 1. The third-order valence-electron chi connectivity index (χ3n) is 4.14. The Kier molecular flexibility index (Phi) is 5.25. The summed E-state index contributed by atoms with van der Waals surface area (Å²) in [5.41, 5.74) is 1.66. The van der Waals surface area contributed by atoms with Gasteiger partial charge in [0.2, 0.25) is 0 Å². The van der Waals surface area contributed by atoms with Gasteiger partial charge in [-0.3, -0.25) is 4.79 Å². The minimum absolute atomic E-state index is 0.180. The van der Waals surface area contributed by atoms with Crippen molar-refractivity contribution in [1.29, 1.82) is 0 Å². The number of rotatable bonds is 5. The van der Waals surface area contributed by atoms with Crippen LogP contribution in [0.5, 0.6) is 5.75 Å². The third kappa shape index (κ3) is 3.94. The van der Waals surface area contributed by atoms with Gasteiger partial charge in [0.05, 0.1) is 0 Å². The minimum atomic E-state index is -0.579. The van der Waals surface area contributed by atoms with Gasteiger partial charge in [-0.2, -0.15) is 0 Å². The lowest BCUT2D eigenvalue weighted by Gasteiger charge is -2.19. The third-order valence-corrected chi connectivity index (χ3v) is 4.37. The summed E-state index contributed by atoms with van der Waals surface area (Å²) in [6.45, 7) is 3.86. The van der Waals surface area contributed by atoms with Crippen LogP contribution in [0.3, 0.4) is 0 Å². The maximum atomic E-state index is 12.7. The molecule has 0 saturated carbocycles. The summed E-state index contributed by atoms with van der Waals surface area (Å²) in [4.78, 5) is 12.7. The summed E-state index contributed by atoms with van der Waals surface area (Å²) < 4.78 is 6.04. The maximum Gasteiger partial charge on any atom is 0.265 e. The highest BCUT2D eigenvalue weighted by atomic mass is 35.5. The first kappa shape index (κ1) is 17.3. The summed E-state index contributed by atoms with van der Waals surface area (Å²) in [7, 11) is 0. The van der Waals surface area contributed by atoms with Crippen LogP contribution < -0.4 is 10.1 Å². The fourth-order valence-corrected chi connectivity index (χ4v) is 2.89. The van der Waals surface area contributed by atoms with E-state index in [9.17, 15) is 4.79 Å². The Morgan fingerprint density at radius 2 is 1.88 bits per heavy atom. The lowest BCUT2D eigenvalue weighted by molar-refractivity contribution is -0.122. The van der Waals surface area contributed by atoms with Crippen LogP contribution in [0.25, 0.3) is 10.8 Å². The van der Waals surface area contributed by atoms with Crippen molar-refractivity contribution in [2.45, 2.75) is 26.4 Å². The van der Waals surface area contributed by atoms with Crippen molar-refractivity contribution in [3.8, 4) is 5.75 Å². The molecule has 3 aromatic rings. The highest BCUT2D eigenvalue weighted by Gasteiger charge is 2.20. The zero-order valence-electron chi connectivity index (χ0n) is 14.3. The Morgan fingerprint density at radius 1 is 1.12 bits per heavy atom. The van der Waals surface area contributed by atoms with Gasteiger partial charge in [0.15, 0.2) is 6.10 Å². The van der Waals surface area contributed by atoms with Gasteiger partial charge in [0.1, 0.15) is 5.75 Å². The lowest BCUT2D eigenvalue weighted by atomic mass is 10.1. The zero-order chi connectivity index (χ0) is 17.8. The molecule has 0 heterocycles. The molecule has 1 N–H and O–H groups in total. The van der Waals surface area contributed by atoms with Gasteiger partial charge in [0, 0.05) is 16.1 Å². The molecule has 0 aliphatic rings. The molecule has 0 spiro atoms. The summed E-state index contributed by atoms with van der Waals surface area (Å²) in [5.74, 6) is 0.531. The van der Waals surface area contributed by atoms with Gasteiger partial charge in [-0.05, 0) is 42.5 Å². The number of nitrogens with one attached hydrogen (secondary N) is 1. The van der Waals surface area contributed by atoms with Crippen LogP contribution in [-0.2, 0) is 4.79 Å². The molecular formula is C21H20ClNO2. The van der Waals surface area contributed by atoms with Gasteiger partial charge in [-0.25, -0.2) is 0 Å². The van der Waals surface area contributed by atoms with Crippen LogP contribution in [0, 0.1) is 6.92 Å². The fraction of sp³-hybridized carbons (Fsp3) is 0.190. The van der Waals surface area contributed by atoms with E-state index in [1.165, 1.54) is 0 Å². The van der Waals surface area contributed by atoms with E-state index in [0.29, 0.717) is 22.9 Å². The van der Waals surface area contributed by atoms with Crippen molar-refractivity contribution in [2.24, 2.45) is 0 Å². The molecule has 4 heteroatoms. The Hall–Kier alpha value is -2.52. The van der Waals surface area contributed by atoms with E-state index in [1.807, 2.05) is 62.4 Å². The van der Waals surface area contributed by atoms with Crippen LogP contribution in [0.2, 0.25) is 5.02 Å². The second-order valence-electron chi connectivity index (χ2n) is 5.94. The second-order valence-corrected chi connectivity index (χ2v) is 6.38. The zero-order valence-corrected chi connectivity index (χ0v) is 15.0. The SMILES string of the molecule is CC[C@@H](Oc1cccc2ccccc12)C(=O)Nc1cc(Cl)ccc1C. The van der Waals surface area contributed by atoms with Gasteiger partial charge < -0.3 is 10.1 Å². The number of carbonyl (C=O) groups is 1. The Morgan fingerprint density at radius 3 is 2.68 bits per heavy atom. The summed E-state index contributed by atoms with van der Waals surface area (Å²) in [6, 6.07) is 19.3. The quantitative estimate of drug-likeness (QED) is 0.648. The van der Waals surface area contributed by atoms with E-state index in [1.54, 1.807) is 12.1 Å². The summed E-state index contributed by atoms with van der Waals surface area (Å²) in [5, 5.41) is 5.59. The van der Waals surface area contributed by atoms with Crippen molar-refractivity contribution in [2.75, 3.05) is 5.32 Å². The number of carbonyl (C=O) groups excluding carboxylic acids is 1. The average Bonchev–Trinajstić information content (AvgIpc) is 2.62. The Bertz CT molecular complexity index is 902. The maximum absolute atomic E-state index is 12.7. The number of hydrogen-bond donors (Lipinski definition) is 1. The molecule has 3 aromatic carbocycles. The molecule has 0 bridgehead atoms. The predicted molar refractivity (Wildman–Crippen MR) is 103 cm³/mol. The van der Waals surface area contributed by atoms with Crippen molar-refractivity contribution in [3.63, 3.8) is 0 Å². The molecule has 1 atom stereocenters. The molecule has 0 aromatic heterocycles. The first-order chi connectivity index (χ1) is 12.1. The number of fused-ring (bicyclic) bond motifs is 1. The molecule has 25 heavy (non-hydrogen) atoms. The van der Waals surface area contributed by atoms with E-state index in [-0.39, 0.29) is 5.91 Å². The second kappa shape index (κ2) is 7.58. The molecular weight excluding hydrogens is 334 g/mol. The van der Waals surface area contributed by atoms with Gasteiger partial charge >= 0.3 is 0 Å². The monoisotopic (exact) mass is 353 g/mol. The summed E-state index contributed by atoms with van der Waals surface area (Å²) >= 11 is 6.03. The van der Waals surface area contributed by atoms with Crippen LogP contribution in [-0.4, -0.2) is 12.0 Å². The standard InChI is InChI=1S/C21H20ClNO2/c1-3-19(21(24)23-18-13-16(22)12-11-14(18)2)25-20-10-6-8-15-7-4-5-9-17(15)20/h4-13,19H,3H2,1-2H3,(H,23,24)/t19-/m1/s1. The van der Waals surface area contributed by atoms with Gasteiger partial charge in [-0.15, -0.1) is 0 Å². The first-order valence-electron chi connectivity index (χ1n) is 8.30. The summed E-state index contributed by atoms with van der Waals surface area (Å²) in [6.07, 6.45) is -0.0153.